The highest BCUT2D eigenvalue weighted by Gasteiger charge is 2.13. The maximum atomic E-state index is 10.7. The lowest BCUT2D eigenvalue weighted by Crippen LogP contribution is -2.08. The van der Waals surface area contributed by atoms with Crippen LogP contribution in [0.4, 0.5) is 0 Å². The molecule has 2 aromatic rings. The van der Waals surface area contributed by atoms with Crippen molar-refractivity contribution in [3.05, 3.63) is 47.2 Å². The molecule has 82 valence electrons. The van der Waals surface area contributed by atoms with Crippen molar-refractivity contribution in [2.75, 3.05) is 0 Å². The van der Waals surface area contributed by atoms with E-state index < -0.39 is 5.97 Å². The summed E-state index contributed by atoms with van der Waals surface area (Å²) in [5, 5.41) is 13.2. The number of aromatic nitrogens is 2. The molecule has 0 aliphatic rings. The topological polar surface area (TPSA) is 55.1 Å². The standard InChI is InChI=1S/C11H9ClN2O2/c12-9-7-13-14(10(9)6-11(15)16)8-4-2-1-3-5-8/h1-5,7H,6H2,(H,15,16). The van der Waals surface area contributed by atoms with Crippen LogP contribution in [0.15, 0.2) is 36.5 Å². The van der Waals surface area contributed by atoms with Crippen molar-refractivity contribution in [3.8, 4) is 5.69 Å². The predicted octanol–water partition coefficient (Wildman–Crippen LogP) is 2.15. The van der Waals surface area contributed by atoms with Gasteiger partial charge in [-0.25, -0.2) is 4.68 Å². The summed E-state index contributed by atoms with van der Waals surface area (Å²) in [5.74, 6) is -0.931. The quantitative estimate of drug-likeness (QED) is 0.889. The molecule has 5 heteroatoms. The molecule has 4 nitrogen and oxygen atoms in total. The minimum atomic E-state index is -0.931. The third-order valence-electron chi connectivity index (χ3n) is 2.14. The number of carbonyl (C=O) groups is 1. The Balaban J connectivity index is 2.46. The summed E-state index contributed by atoms with van der Waals surface area (Å²) in [7, 11) is 0. The van der Waals surface area contributed by atoms with Crippen LogP contribution in [0.1, 0.15) is 5.69 Å². The molecule has 16 heavy (non-hydrogen) atoms. The summed E-state index contributed by atoms with van der Waals surface area (Å²) in [4.78, 5) is 10.7. The van der Waals surface area contributed by atoms with Gasteiger partial charge in [-0.2, -0.15) is 5.10 Å². The predicted molar refractivity (Wildman–Crippen MR) is 59.9 cm³/mol. The number of hydrogen-bond acceptors (Lipinski definition) is 2. The molecule has 0 atom stereocenters. The highest BCUT2D eigenvalue weighted by molar-refractivity contribution is 6.31. The van der Waals surface area contributed by atoms with E-state index in [-0.39, 0.29) is 6.42 Å². The molecule has 0 amide bonds. The molecule has 0 unspecified atom stereocenters. The Bertz CT molecular complexity index is 508. The van der Waals surface area contributed by atoms with Gasteiger partial charge in [0.15, 0.2) is 0 Å². The third-order valence-corrected chi connectivity index (χ3v) is 2.45. The maximum Gasteiger partial charge on any atom is 0.309 e. The first-order chi connectivity index (χ1) is 7.68. The first-order valence-electron chi connectivity index (χ1n) is 4.68. The molecule has 1 aromatic heterocycles. The average molecular weight is 237 g/mol. The lowest BCUT2D eigenvalue weighted by Gasteiger charge is -2.05. The third kappa shape index (κ3) is 2.06. The number of carboxylic acid groups (broad SMARTS) is 1. The number of aliphatic carboxylic acids is 1. The summed E-state index contributed by atoms with van der Waals surface area (Å²) >= 11 is 5.89. The molecular weight excluding hydrogens is 228 g/mol. The van der Waals surface area contributed by atoms with E-state index in [2.05, 4.69) is 5.10 Å². The molecule has 0 spiro atoms. The van der Waals surface area contributed by atoms with Crippen LogP contribution >= 0.6 is 11.6 Å². The van der Waals surface area contributed by atoms with Crippen molar-refractivity contribution in [1.82, 2.24) is 9.78 Å². The average Bonchev–Trinajstić information content (AvgIpc) is 2.61. The van der Waals surface area contributed by atoms with Gasteiger partial charge in [0.1, 0.15) is 0 Å². The SMILES string of the molecule is O=C(O)Cc1c(Cl)cnn1-c1ccccc1. The van der Waals surface area contributed by atoms with Gasteiger partial charge in [-0.15, -0.1) is 0 Å². The molecule has 0 radical (unpaired) electrons. The Kier molecular flexibility index (Phi) is 2.92. The molecular formula is C11H9ClN2O2. The van der Waals surface area contributed by atoms with Crippen LogP contribution in [0.25, 0.3) is 5.69 Å². The largest absolute Gasteiger partial charge is 0.481 e. The molecule has 0 aliphatic carbocycles. The van der Waals surface area contributed by atoms with E-state index in [4.69, 9.17) is 16.7 Å². The Morgan fingerprint density at radius 1 is 1.38 bits per heavy atom. The van der Waals surface area contributed by atoms with E-state index in [0.29, 0.717) is 10.7 Å². The number of hydrogen-bond donors (Lipinski definition) is 1. The first-order valence-corrected chi connectivity index (χ1v) is 5.06. The number of benzene rings is 1. The number of rotatable bonds is 3. The minimum Gasteiger partial charge on any atom is -0.481 e. The van der Waals surface area contributed by atoms with Crippen molar-refractivity contribution < 1.29 is 9.90 Å². The van der Waals surface area contributed by atoms with E-state index >= 15 is 0 Å². The number of carboxylic acids is 1. The van der Waals surface area contributed by atoms with Crippen LogP contribution in [0, 0.1) is 0 Å². The Morgan fingerprint density at radius 3 is 2.69 bits per heavy atom. The van der Waals surface area contributed by atoms with Crippen molar-refractivity contribution in [1.29, 1.82) is 0 Å². The molecule has 0 fully saturated rings. The lowest BCUT2D eigenvalue weighted by atomic mass is 10.3. The molecule has 0 saturated heterocycles. The molecule has 2 rings (SSSR count). The minimum absolute atomic E-state index is 0.145. The molecule has 0 bridgehead atoms. The second-order valence-electron chi connectivity index (χ2n) is 3.26. The normalized spacial score (nSPS) is 10.3. The summed E-state index contributed by atoms with van der Waals surface area (Å²) < 4.78 is 1.54. The fraction of sp³-hybridized carbons (Fsp3) is 0.0909. The Hall–Kier alpha value is -1.81. The molecule has 0 saturated carbocycles. The smallest absolute Gasteiger partial charge is 0.309 e. The summed E-state index contributed by atoms with van der Waals surface area (Å²) in [6.45, 7) is 0. The van der Waals surface area contributed by atoms with E-state index in [9.17, 15) is 4.79 Å². The second-order valence-corrected chi connectivity index (χ2v) is 3.66. The second kappa shape index (κ2) is 4.37. The number of halogens is 1. The van der Waals surface area contributed by atoms with E-state index in [1.807, 2.05) is 30.3 Å². The zero-order valence-corrected chi connectivity index (χ0v) is 9.05. The lowest BCUT2D eigenvalue weighted by molar-refractivity contribution is -0.136. The van der Waals surface area contributed by atoms with Crippen LogP contribution in [-0.4, -0.2) is 20.9 Å². The van der Waals surface area contributed by atoms with Crippen LogP contribution in [0.2, 0.25) is 5.02 Å². The van der Waals surface area contributed by atoms with Crippen molar-refractivity contribution in [2.24, 2.45) is 0 Å². The van der Waals surface area contributed by atoms with Crippen molar-refractivity contribution >= 4 is 17.6 Å². The zero-order valence-electron chi connectivity index (χ0n) is 8.30. The Labute approximate surface area is 97.1 Å². The van der Waals surface area contributed by atoms with Gasteiger partial charge < -0.3 is 5.11 Å². The zero-order chi connectivity index (χ0) is 11.5. The monoisotopic (exact) mass is 236 g/mol. The molecule has 1 N–H and O–H groups in total. The fourth-order valence-electron chi connectivity index (χ4n) is 1.45. The highest BCUT2D eigenvalue weighted by Crippen LogP contribution is 2.19. The highest BCUT2D eigenvalue weighted by atomic mass is 35.5. The van der Waals surface area contributed by atoms with Crippen LogP contribution in [0.5, 0.6) is 0 Å². The number of para-hydroxylation sites is 1. The molecule has 0 aliphatic heterocycles. The van der Waals surface area contributed by atoms with Gasteiger partial charge in [-0.05, 0) is 12.1 Å². The van der Waals surface area contributed by atoms with Crippen LogP contribution < -0.4 is 0 Å². The number of nitrogens with zero attached hydrogens (tertiary/aromatic N) is 2. The molecule has 1 heterocycles. The molecule has 1 aromatic carbocycles. The van der Waals surface area contributed by atoms with Gasteiger partial charge >= 0.3 is 5.97 Å². The van der Waals surface area contributed by atoms with Gasteiger partial charge in [0.2, 0.25) is 0 Å². The van der Waals surface area contributed by atoms with E-state index in [0.717, 1.165) is 5.69 Å². The van der Waals surface area contributed by atoms with E-state index in [1.165, 1.54) is 10.9 Å². The first kappa shape index (κ1) is 10.7. The fourth-order valence-corrected chi connectivity index (χ4v) is 1.64. The summed E-state index contributed by atoms with van der Waals surface area (Å²) in [6, 6.07) is 9.28. The maximum absolute atomic E-state index is 10.7. The van der Waals surface area contributed by atoms with Gasteiger partial charge in [0.05, 0.1) is 29.0 Å². The van der Waals surface area contributed by atoms with E-state index in [1.54, 1.807) is 0 Å². The summed E-state index contributed by atoms with van der Waals surface area (Å²) in [5.41, 5.74) is 1.28. The van der Waals surface area contributed by atoms with Gasteiger partial charge in [0.25, 0.3) is 0 Å². The Morgan fingerprint density at radius 2 is 2.06 bits per heavy atom. The summed E-state index contributed by atoms with van der Waals surface area (Å²) in [6.07, 6.45) is 1.31. The van der Waals surface area contributed by atoms with Gasteiger partial charge in [-0.1, -0.05) is 29.8 Å². The van der Waals surface area contributed by atoms with Gasteiger partial charge in [0, 0.05) is 0 Å². The van der Waals surface area contributed by atoms with Crippen molar-refractivity contribution in [2.45, 2.75) is 6.42 Å². The van der Waals surface area contributed by atoms with Crippen LogP contribution in [-0.2, 0) is 11.2 Å². The van der Waals surface area contributed by atoms with Crippen molar-refractivity contribution in [3.63, 3.8) is 0 Å². The van der Waals surface area contributed by atoms with Gasteiger partial charge in [-0.3, -0.25) is 4.79 Å². The van der Waals surface area contributed by atoms with Crippen LogP contribution in [0.3, 0.4) is 0 Å².